The monoisotopic (exact) mass is 377 g/mol. The lowest BCUT2D eigenvalue weighted by molar-refractivity contribution is -0.130. The van der Waals surface area contributed by atoms with Gasteiger partial charge in [0.25, 0.3) is 5.91 Å². The number of aliphatic hydroxyl groups excluding tert-OH is 1. The molecule has 0 aliphatic carbocycles. The molecule has 6 nitrogen and oxygen atoms in total. The minimum Gasteiger partial charge on any atom is -0.503 e. The van der Waals surface area contributed by atoms with E-state index in [4.69, 9.17) is 9.15 Å². The zero-order chi connectivity index (χ0) is 19.7. The second kappa shape index (κ2) is 7.32. The van der Waals surface area contributed by atoms with Crippen molar-refractivity contribution < 1.29 is 23.8 Å². The number of ether oxygens (including phenoxy) is 1. The van der Waals surface area contributed by atoms with Gasteiger partial charge in [-0.05, 0) is 17.7 Å². The van der Waals surface area contributed by atoms with Crippen LogP contribution in [-0.2, 0) is 9.53 Å². The van der Waals surface area contributed by atoms with E-state index in [-0.39, 0.29) is 24.5 Å². The van der Waals surface area contributed by atoms with Gasteiger partial charge in [0.2, 0.25) is 5.78 Å². The summed E-state index contributed by atoms with van der Waals surface area (Å²) in [5.41, 5.74) is 1.32. The molecule has 3 aromatic rings. The fourth-order valence-corrected chi connectivity index (χ4v) is 3.51. The maximum atomic E-state index is 13.3. The first-order valence-corrected chi connectivity index (χ1v) is 8.93. The molecule has 4 rings (SSSR count). The Hall–Kier alpha value is -3.38. The van der Waals surface area contributed by atoms with Gasteiger partial charge < -0.3 is 19.2 Å². The van der Waals surface area contributed by atoms with E-state index >= 15 is 0 Å². The molecule has 1 N–H and O–H groups in total. The van der Waals surface area contributed by atoms with Crippen molar-refractivity contribution >= 4 is 22.7 Å². The third-order valence-corrected chi connectivity index (χ3v) is 4.85. The molecule has 2 heterocycles. The number of carbonyl (C=O) groups excluding carboxylic acids is 2. The van der Waals surface area contributed by atoms with Gasteiger partial charge in [-0.1, -0.05) is 48.5 Å². The van der Waals surface area contributed by atoms with Crippen molar-refractivity contribution in [2.45, 2.75) is 6.04 Å². The third-order valence-electron chi connectivity index (χ3n) is 4.85. The van der Waals surface area contributed by atoms with Crippen LogP contribution < -0.4 is 0 Å². The molecular formula is C22H19NO5. The molecule has 28 heavy (non-hydrogen) atoms. The van der Waals surface area contributed by atoms with Crippen molar-refractivity contribution in [1.29, 1.82) is 0 Å². The van der Waals surface area contributed by atoms with Crippen molar-refractivity contribution in [3.63, 3.8) is 0 Å². The highest BCUT2D eigenvalue weighted by Gasteiger charge is 2.44. The van der Waals surface area contributed by atoms with Crippen LogP contribution in [-0.4, -0.2) is 42.0 Å². The topological polar surface area (TPSA) is 80.0 Å². The van der Waals surface area contributed by atoms with E-state index in [9.17, 15) is 14.7 Å². The predicted octanol–water partition coefficient (Wildman–Crippen LogP) is 3.66. The summed E-state index contributed by atoms with van der Waals surface area (Å²) in [4.78, 5) is 27.4. The molecule has 1 aliphatic rings. The van der Waals surface area contributed by atoms with Crippen LogP contribution >= 0.6 is 0 Å². The number of rotatable bonds is 6. The summed E-state index contributed by atoms with van der Waals surface area (Å²) in [7, 11) is 1.53. The molecule has 1 unspecified atom stereocenters. The molecule has 0 fully saturated rings. The van der Waals surface area contributed by atoms with Gasteiger partial charge in [-0.25, -0.2) is 0 Å². The zero-order valence-corrected chi connectivity index (χ0v) is 15.3. The number of fused-ring (bicyclic) bond motifs is 1. The summed E-state index contributed by atoms with van der Waals surface area (Å²) in [6.07, 6.45) is 0. The van der Waals surface area contributed by atoms with E-state index in [1.54, 1.807) is 12.1 Å². The number of nitrogens with zero attached hydrogens (tertiary/aromatic N) is 1. The van der Waals surface area contributed by atoms with Crippen molar-refractivity contribution in [1.82, 2.24) is 4.90 Å². The number of benzene rings is 2. The molecule has 0 radical (unpaired) electrons. The van der Waals surface area contributed by atoms with Gasteiger partial charge in [0.15, 0.2) is 11.5 Å². The number of methoxy groups -OCH3 is 1. The third kappa shape index (κ3) is 2.97. The van der Waals surface area contributed by atoms with Gasteiger partial charge in [0.05, 0.1) is 18.2 Å². The van der Waals surface area contributed by atoms with Crippen molar-refractivity contribution in [3.05, 3.63) is 83.3 Å². The van der Waals surface area contributed by atoms with Crippen LogP contribution in [0.2, 0.25) is 0 Å². The summed E-state index contributed by atoms with van der Waals surface area (Å²) < 4.78 is 10.8. The fourth-order valence-electron chi connectivity index (χ4n) is 3.51. The van der Waals surface area contributed by atoms with E-state index in [1.165, 1.54) is 12.0 Å². The van der Waals surface area contributed by atoms with E-state index in [0.29, 0.717) is 5.58 Å². The van der Waals surface area contributed by atoms with Gasteiger partial charge in [-0.15, -0.1) is 0 Å². The zero-order valence-electron chi connectivity index (χ0n) is 15.3. The summed E-state index contributed by atoms with van der Waals surface area (Å²) in [5.74, 6) is -1.55. The van der Waals surface area contributed by atoms with Crippen LogP contribution in [0.5, 0.6) is 0 Å². The van der Waals surface area contributed by atoms with Gasteiger partial charge >= 0.3 is 0 Å². The molecule has 1 amide bonds. The van der Waals surface area contributed by atoms with Crippen molar-refractivity contribution in [2.24, 2.45) is 0 Å². The number of hydrogen-bond acceptors (Lipinski definition) is 5. The summed E-state index contributed by atoms with van der Waals surface area (Å²) >= 11 is 0. The average Bonchev–Trinajstić information content (AvgIpc) is 3.26. The maximum Gasteiger partial charge on any atom is 0.290 e. The molecule has 2 aromatic carbocycles. The number of carbonyl (C=O) groups is 2. The lowest BCUT2D eigenvalue weighted by atomic mass is 9.95. The highest BCUT2D eigenvalue weighted by atomic mass is 16.5. The minimum atomic E-state index is -0.704. The normalized spacial score (nSPS) is 17.0. The lowest BCUT2D eigenvalue weighted by Gasteiger charge is -2.26. The molecule has 0 spiro atoms. The Morgan fingerprint density at radius 1 is 1.14 bits per heavy atom. The Balaban J connectivity index is 1.79. The Morgan fingerprint density at radius 2 is 1.86 bits per heavy atom. The van der Waals surface area contributed by atoms with E-state index in [2.05, 4.69) is 0 Å². The molecule has 1 aromatic heterocycles. The summed E-state index contributed by atoms with van der Waals surface area (Å²) in [6.45, 7) is 0.532. The smallest absolute Gasteiger partial charge is 0.290 e. The number of Topliss-reactive ketones (excluding diaryl/α,β-unsaturated/α-hetero) is 1. The first-order valence-electron chi connectivity index (χ1n) is 8.93. The molecule has 0 bridgehead atoms. The highest BCUT2D eigenvalue weighted by molar-refractivity contribution is 6.16. The second-order valence-corrected chi connectivity index (χ2v) is 6.54. The van der Waals surface area contributed by atoms with Crippen LogP contribution in [0, 0.1) is 0 Å². The Bertz CT molecular complexity index is 1030. The van der Waals surface area contributed by atoms with Gasteiger partial charge in [-0.2, -0.15) is 0 Å². The van der Waals surface area contributed by atoms with Crippen LogP contribution in [0.25, 0.3) is 11.0 Å². The predicted molar refractivity (Wildman–Crippen MR) is 103 cm³/mol. The van der Waals surface area contributed by atoms with Gasteiger partial charge in [0, 0.05) is 19.0 Å². The first-order chi connectivity index (χ1) is 13.6. The highest BCUT2D eigenvalue weighted by Crippen LogP contribution is 2.39. The molecule has 6 heteroatoms. The molecular weight excluding hydrogens is 358 g/mol. The van der Waals surface area contributed by atoms with Crippen molar-refractivity contribution in [2.75, 3.05) is 20.3 Å². The maximum absolute atomic E-state index is 13.3. The average molecular weight is 377 g/mol. The Kier molecular flexibility index (Phi) is 4.71. The second-order valence-electron chi connectivity index (χ2n) is 6.54. The summed E-state index contributed by atoms with van der Waals surface area (Å²) in [6, 6.07) is 17.3. The minimum absolute atomic E-state index is 0.0198. The van der Waals surface area contributed by atoms with Gasteiger partial charge in [-0.3, -0.25) is 9.59 Å². The summed E-state index contributed by atoms with van der Waals surface area (Å²) in [5, 5.41) is 11.3. The number of aliphatic hydroxyl groups is 1. The van der Waals surface area contributed by atoms with Crippen LogP contribution in [0.3, 0.4) is 0 Å². The lowest BCUT2D eigenvalue weighted by Crippen LogP contribution is -2.33. The van der Waals surface area contributed by atoms with Crippen molar-refractivity contribution in [3.8, 4) is 0 Å². The number of para-hydroxylation sites is 1. The van der Waals surface area contributed by atoms with E-state index in [1.807, 2.05) is 48.5 Å². The van der Waals surface area contributed by atoms with Crippen LogP contribution in [0.4, 0.5) is 0 Å². The standard InChI is InChI=1S/C22H19NO5/c1-27-12-11-23-19(14-7-3-2-4-8-14)18(21(25)22(23)26)20(24)17-13-15-9-5-6-10-16(15)28-17/h2-10,13,19,25H,11-12H2,1H3. The largest absolute Gasteiger partial charge is 0.503 e. The molecule has 1 aliphatic heterocycles. The number of ketones is 1. The molecule has 1 atom stereocenters. The fraction of sp³-hybridized carbons (Fsp3) is 0.182. The van der Waals surface area contributed by atoms with E-state index in [0.717, 1.165) is 10.9 Å². The van der Waals surface area contributed by atoms with Gasteiger partial charge in [0.1, 0.15) is 5.58 Å². The molecule has 0 saturated carbocycles. The van der Waals surface area contributed by atoms with Crippen LogP contribution in [0.15, 0.2) is 76.4 Å². The Morgan fingerprint density at radius 3 is 2.57 bits per heavy atom. The first kappa shape index (κ1) is 18.0. The molecule has 142 valence electrons. The number of amides is 1. The molecule has 0 saturated heterocycles. The quantitative estimate of drug-likeness (QED) is 0.663. The SMILES string of the molecule is COCCN1C(=O)C(O)=C(C(=O)c2cc3ccccc3o2)C1c1ccccc1. The van der Waals surface area contributed by atoms with E-state index < -0.39 is 23.5 Å². The number of furan rings is 1. The number of hydrogen-bond donors (Lipinski definition) is 1. The van der Waals surface area contributed by atoms with Crippen LogP contribution in [0.1, 0.15) is 22.2 Å². The Labute approximate surface area is 161 Å².